The Hall–Kier alpha value is -0.0800. The number of hydrogen-bond acceptors (Lipinski definition) is 2. The number of likely N-dealkylation sites (tertiary alicyclic amines) is 1. The first-order valence-electron chi connectivity index (χ1n) is 9.13. The highest BCUT2D eigenvalue weighted by atomic mass is 15.3. The summed E-state index contributed by atoms with van der Waals surface area (Å²) in [6.07, 6.45) is 15.7. The quantitative estimate of drug-likeness (QED) is 0.843. The van der Waals surface area contributed by atoms with Crippen LogP contribution < -0.4 is 5.73 Å². The van der Waals surface area contributed by atoms with Crippen LogP contribution in [-0.4, -0.2) is 29.1 Å². The predicted molar refractivity (Wildman–Crippen MR) is 85.8 cm³/mol. The van der Waals surface area contributed by atoms with Gasteiger partial charge in [0.15, 0.2) is 0 Å². The molecule has 0 aromatic rings. The molecule has 0 amide bonds. The van der Waals surface area contributed by atoms with Crippen molar-refractivity contribution in [2.24, 2.45) is 11.1 Å². The summed E-state index contributed by atoms with van der Waals surface area (Å²) in [7, 11) is 0. The standard InChI is InChI=1S/C18H34N2/c1-3-16-7-6-15(2)20(16)18(14-19)12-10-17(11-13-18)8-4-5-9-17/h15-16H,3-14,19H2,1-2H3. The average molecular weight is 278 g/mol. The van der Waals surface area contributed by atoms with Crippen LogP contribution in [0.5, 0.6) is 0 Å². The van der Waals surface area contributed by atoms with Crippen LogP contribution >= 0.6 is 0 Å². The average Bonchev–Trinajstić information content (AvgIpc) is 3.08. The zero-order valence-corrected chi connectivity index (χ0v) is 13.7. The molecule has 0 bridgehead atoms. The molecule has 2 nitrogen and oxygen atoms in total. The smallest absolute Gasteiger partial charge is 0.0337 e. The summed E-state index contributed by atoms with van der Waals surface area (Å²) in [5.41, 5.74) is 7.41. The topological polar surface area (TPSA) is 29.3 Å². The van der Waals surface area contributed by atoms with Crippen molar-refractivity contribution >= 4 is 0 Å². The van der Waals surface area contributed by atoms with Crippen molar-refractivity contribution < 1.29 is 0 Å². The van der Waals surface area contributed by atoms with Gasteiger partial charge in [-0.1, -0.05) is 19.8 Å². The Morgan fingerprint density at radius 3 is 2.20 bits per heavy atom. The van der Waals surface area contributed by atoms with Crippen molar-refractivity contribution in [3.05, 3.63) is 0 Å². The van der Waals surface area contributed by atoms with E-state index in [1.165, 1.54) is 70.6 Å². The molecule has 1 heterocycles. The van der Waals surface area contributed by atoms with Crippen LogP contribution in [0, 0.1) is 5.41 Å². The number of nitrogens with two attached hydrogens (primary N) is 1. The van der Waals surface area contributed by atoms with E-state index >= 15 is 0 Å². The first kappa shape index (κ1) is 14.8. The second-order valence-corrected chi connectivity index (χ2v) is 8.03. The summed E-state index contributed by atoms with van der Waals surface area (Å²) < 4.78 is 0. The van der Waals surface area contributed by atoms with E-state index in [0.29, 0.717) is 5.54 Å². The van der Waals surface area contributed by atoms with Gasteiger partial charge in [0.05, 0.1) is 0 Å². The first-order chi connectivity index (χ1) is 9.65. The Morgan fingerprint density at radius 2 is 1.65 bits per heavy atom. The van der Waals surface area contributed by atoms with Gasteiger partial charge in [-0.3, -0.25) is 4.90 Å². The summed E-state index contributed by atoms with van der Waals surface area (Å²) in [5, 5.41) is 0. The van der Waals surface area contributed by atoms with Gasteiger partial charge in [0.1, 0.15) is 0 Å². The molecule has 20 heavy (non-hydrogen) atoms. The van der Waals surface area contributed by atoms with E-state index in [1.807, 2.05) is 0 Å². The maximum atomic E-state index is 6.34. The lowest BCUT2D eigenvalue weighted by atomic mass is 9.65. The second kappa shape index (κ2) is 5.61. The molecule has 2 N–H and O–H groups in total. The van der Waals surface area contributed by atoms with Crippen molar-refractivity contribution in [1.29, 1.82) is 0 Å². The van der Waals surface area contributed by atoms with Crippen LogP contribution in [0.1, 0.15) is 84.5 Å². The van der Waals surface area contributed by atoms with E-state index in [-0.39, 0.29) is 0 Å². The molecule has 1 saturated heterocycles. The van der Waals surface area contributed by atoms with Crippen LogP contribution in [0.3, 0.4) is 0 Å². The minimum atomic E-state index is 0.338. The van der Waals surface area contributed by atoms with Gasteiger partial charge in [-0.2, -0.15) is 0 Å². The van der Waals surface area contributed by atoms with Crippen LogP contribution in [0.2, 0.25) is 0 Å². The molecule has 0 aromatic carbocycles. The van der Waals surface area contributed by atoms with Crippen LogP contribution in [-0.2, 0) is 0 Å². The third-order valence-corrected chi connectivity index (χ3v) is 7.09. The number of hydrogen-bond donors (Lipinski definition) is 1. The maximum absolute atomic E-state index is 6.34. The molecule has 2 unspecified atom stereocenters. The molecule has 1 spiro atoms. The molecule has 2 heteroatoms. The lowest BCUT2D eigenvalue weighted by Gasteiger charge is -2.53. The number of rotatable bonds is 3. The molecule has 0 aromatic heterocycles. The van der Waals surface area contributed by atoms with Crippen molar-refractivity contribution in [3.63, 3.8) is 0 Å². The summed E-state index contributed by atoms with van der Waals surface area (Å²) in [5.74, 6) is 0. The molecule has 0 radical (unpaired) electrons. The largest absolute Gasteiger partial charge is 0.329 e. The van der Waals surface area contributed by atoms with Crippen LogP contribution in [0.4, 0.5) is 0 Å². The SMILES string of the molecule is CCC1CCC(C)N1C1(CN)CCC2(CCCC2)CC1. The summed E-state index contributed by atoms with van der Waals surface area (Å²) in [4.78, 5) is 2.87. The molecule has 2 aliphatic carbocycles. The molecule has 116 valence electrons. The van der Waals surface area contributed by atoms with Crippen molar-refractivity contribution in [3.8, 4) is 0 Å². The molecule has 3 rings (SSSR count). The van der Waals surface area contributed by atoms with Crippen LogP contribution in [0.25, 0.3) is 0 Å². The van der Waals surface area contributed by atoms with E-state index in [9.17, 15) is 0 Å². The normalized spacial score (nSPS) is 36.8. The molecule has 1 aliphatic heterocycles. The van der Waals surface area contributed by atoms with Crippen molar-refractivity contribution in [2.45, 2.75) is 102 Å². The highest BCUT2D eigenvalue weighted by molar-refractivity contribution is 5.05. The molecular formula is C18H34N2. The Labute approximate surface area is 125 Å². The lowest BCUT2D eigenvalue weighted by Crippen LogP contribution is -2.60. The van der Waals surface area contributed by atoms with E-state index < -0.39 is 0 Å². The van der Waals surface area contributed by atoms with Gasteiger partial charge >= 0.3 is 0 Å². The Balaban J connectivity index is 1.75. The third-order valence-electron chi connectivity index (χ3n) is 7.09. The van der Waals surface area contributed by atoms with Crippen molar-refractivity contribution in [2.75, 3.05) is 6.54 Å². The highest BCUT2D eigenvalue weighted by Gasteiger charge is 2.49. The Kier molecular flexibility index (Phi) is 4.16. The van der Waals surface area contributed by atoms with Gasteiger partial charge in [0, 0.05) is 24.2 Å². The zero-order chi connectivity index (χ0) is 14.2. The molecule has 3 aliphatic rings. The summed E-state index contributed by atoms with van der Waals surface area (Å²) in [6.45, 7) is 5.68. The van der Waals surface area contributed by atoms with Gasteiger partial charge in [-0.05, 0) is 70.1 Å². The Bertz CT molecular complexity index is 322. The number of nitrogens with zero attached hydrogens (tertiary/aromatic N) is 1. The molecular weight excluding hydrogens is 244 g/mol. The van der Waals surface area contributed by atoms with Gasteiger partial charge in [0.2, 0.25) is 0 Å². The van der Waals surface area contributed by atoms with Crippen molar-refractivity contribution in [1.82, 2.24) is 4.90 Å². The van der Waals surface area contributed by atoms with E-state index in [2.05, 4.69) is 18.7 Å². The Morgan fingerprint density at radius 1 is 1.00 bits per heavy atom. The second-order valence-electron chi connectivity index (χ2n) is 8.03. The molecule has 2 saturated carbocycles. The highest BCUT2D eigenvalue weighted by Crippen LogP contribution is 2.53. The minimum Gasteiger partial charge on any atom is -0.329 e. The zero-order valence-electron chi connectivity index (χ0n) is 13.7. The van der Waals surface area contributed by atoms with Gasteiger partial charge in [-0.25, -0.2) is 0 Å². The molecule has 2 atom stereocenters. The lowest BCUT2D eigenvalue weighted by molar-refractivity contribution is -0.0155. The minimum absolute atomic E-state index is 0.338. The fraction of sp³-hybridized carbons (Fsp3) is 1.00. The van der Waals surface area contributed by atoms with E-state index in [0.717, 1.165) is 24.0 Å². The van der Waals surface area contributed by atoms with E-state index in [1.54, 1.807) is 0 Å². The van der Waals surface area contributed by atoms with Crippen LogP contribution in [0.15, 0.2) is 0 Å². The predicted octanol–water partition coefficient (Wildman–Crippen LogP) is 4.08. The van der Waals surface area contributed by atoms with Gasteiger partial charge in [-0.15, -0.1) is 0 Å². The summed E-state index contributed by atoms with van der Waals surface area (Å²) >= 11 is 0. The monoisotopic (exact) mass is 278 g/mol. The summed E-state index contributed by atoms with van der Waals surface area (Å²) in [6, 6.07) is 1.55. The van der Waals surface area contributed by atoms with Gasteiger partial charge in [0.25, 0.3) is 0 Å². The third kappa shape index (κ3) is 2.33. The van der Waals surface area contributed by atoms with E-state index in [4.69, 9.17) is 5.73 Å². The molecule has 3 fully saturated rings. The van der Waals surface area contributed by atoms with Gasteiger partial charge < -0.3 is 5.73 Å². The fourth-order valence-corrected chi connectivity index (χ4v) is 5.77. The fourth-order valence-electron chi connectivity index (χ4n) is 5.77. The maximum Gasteiger partial charge on any atom is 0.0337 e. The first-order valence-corrected chi connectivity index (χ1v) is 9.13.